The zero-order chi connectivity index (χ0) is 16.1. The van der Waals surface area contributed by atoms with Crippen LogP contribution in [0.2, 0.25) is 0 Å². The first-order valence-corrected chi connectivity index (χ1v) is 8.77. The molecule has 1 aromatic heterocycles. The van der Waals surface area contributed by atoms with E-state index in [0.717, 1.165) is 25.9 Å². The maximum absolute atomic E-state index is 12.3. The van der Waals surface area contributed by atoms with Crippen LogP contribution >= 0.6 is 11.3 Å². The second-order valence-corrected chi connectivity index (χ2v) is 7.23. The van der Waals surface area contributed by atoms with Crippen molar-refractivity contribution in [3.8, 4) is 0 Å². The Labute approximate surface area is 136 Å². The Morgan fingerprint density at radius 1 is 1.50 bits per heavy atom. The molecule has 22 heavy (non-hydrogen) atoms. The molecule has 0 radical (unpaired) electrons. The van der Waals surface area contributed by atoms with Crippen molar-refractivity contribution >= 4 is 17.4 Å². The van der Waals surface area contributed by atoms with Crippen LogP contribution in [-0.4, -0.2) is 60.8 Å². The second kappa shape index (κ2) is 7.94. The molecule has 0 bridgehead atoms. The minimum atomic E-state index is -0.276. The molecule has 0 unspecified atom stereocenters. The van der Waals surface area contributed by atoms with E-state index in [9.17, 15) is 9.90 Å². The van der Waals surface area contributed by atoms with Crippen LogP contribution in [0.4, 0.5) is 4.79 Å². The number of hydrogen-bond donors (Lipinski definition) is 2. The van der Waals surface area contributed by atoms with E-state index in [2.05, 4.69) is 21.7 Å². The number of likely N-dealkylation sites (N-methyl/N-ethyl adjacent to an activating group) is 1. The second-order valence-electron chi connectivity index (χ2n) is 6.25. The Hall–Kier alpha value is -1.11. The van der Waals surface area contributed by atoms with E-state index in [1.54, 1.807) is 11.3 Å². The molecular formula is C16H27N3O2S. The van der Waals surface area contributed by atoms with Gasteiger partial charge in [-0.1, -0.05) is 6.07 Å². The number of urea groups is 1. The van der Waals surface area contributed by atoms with E-state index >= 15 is 0 Å². The minimum absolute atomic E-state index is 0.00690. The first-order valence-electron chi connectivity index (χ1n) is 7.89. The molecule has 1 aliphatic rings. The van der Waals surface area contributed by atoms with Gasteiger partial charge in [0.05, 0.1) is 12.1 Å². The SMILES string of the molecule is C[C@@H](O)C1CCN(C(=O)NC[C@@H](c2cccs2)N(C)C)CC1. The number of carbonyl (C=O) groups is 1. The third-order valence-corrected chi connectivity index (χ3v) is 5.42. The Bertz CT molecular complexity index is 454. The number of aliphatic hydroxyl groups is 1. The highest BCUT2D eigenvalue weighted by atomic mass is 32.1. The van der Waals surface area contributed by atoms with Gasteiger partial charge in [-0.3, -0.25) is 0 Å². The van der Waals surface area contributed by atoms with Gasteiger partial charge in [0.15, 0.2) is 0 Å². The molecule has 2 heterocycles. The molecule has 0 saturated carbocycles. The average Bonchev–Trinajstić information content (AvgIpc) is 3.01. The van der Waals surface area contributed by atoms with Crippen molar-refractivity contribution < 1.29 is 9.90 Å². The fourth-order valence-electron chi connectivity index (χ4n) is 2.90. The third-order valence-electron chi connectivity index (χ3n) is 4.45. The van der Waals surface area contributed by atoms with Crippen molar-refractivity contribution in [3.63, 3.8) is 0 Å². The summed E-state index contributed by atoms with van der Waals surface area (Å²) in [6.45, 7) is 3.91. The van der Waals surface area contributed by atoms with Gasteiger partial charge in [0.2, 0.25) is 0 Å². The van der Waals surface area contributed by atoms with Crippen molar-refractivity contribution in [2.24, 2.45) is 5.92 Å². The number of piperidine rings is 1. The van der Waals surface area contributed by atoms with Crippen LogP contribution in [0.15, 0.2) is 17.5 Å². The van der Waals surface area contributed by atoms with Gasteiger partial charge in [-0.15, -0.1) is 11.3 Å². The van der Waals surface area contributed by atoms with E-state index in [-0.39, 0.29) is 18.2 Å². The number of likely N-dealkylation sites (tertiary alicyclic amines) is 1. The van der Waals surface area contributed by atoms with Gasteiger partial charge >= 0.3 is 6.03 Å². The number of amides is 2. The standard InChI is InChI=1S/C16H27N3O2S/c1-12(20)13-6-8-19(9-7-13)16(21)17-11-14(18(2)3)15-5-4-10-22-15/h4-5,10,12-14,20H,6-9,11H2,1-3H3,(H,17,21)/t12-,14+/m1/s1. The van der Waals surface area contributed by atoms with Crippen LogP contribution in [0.3, 0.4) is 0 Å². The molecule has 124 valence electrons. The summed E-state index contributed by atoms with van der Waals surface area (Å²) in [6, 6.07) is 4.36. The maximum Gasteiger partial charge on any atom is 0.317 e. The molecule has 1 aliphatic heterocycles. The summed E-state index contributed by atoms with van der Waals surface area (Å²) in [5.41, 5.74) is 0. The maximum atomic E-state index is 12.3. The van der Waals surface area contributed by atoms with Gasteiger partial charge in [0, 0.05) is 24.5 Å². The number of nitrogens with zero attached hydrogens (tertiary/aromatic N) is 2. The lowest BCUT2D eigenvalue weighted by Crippen LogP contribution is -2.47. The first kappa shape index (κ1) is 17.2. The van der Waals surface area contributed by atoms with E-state index in [1.807, 2.05) is 32.0 Å². The molecule has 6 heteroatoms. The van der Waals surface area contributed by atoms with Crippen LogP contribution in [0.1, 0.15) is 30.7 Å². The quantitative estimate of drug-likeness (QED) is 0.872. The molecule has 1 saturated heterocycles. The predicted molar refractivity (Wildman–Crippen MR) is 90.1 cm³/mol. The van der Waals surface area contributed by atoms with Crippen molar-refractivity contribution in [1.29, 1.82) is 0 Å². The molecular weight excluding hydrogens is 298 g/mol. The lowest BCUT2D eigenvalue weighted by atomic mass is 9.92. The highest BCUT2D eigenvalue weighted by molar-refractivity contribution is 7.10. The fourth-order valence-corrected chi connectivity index (χ4v) is 3.82. The van der Waals surface area contributed by atoms with Gasteiger partial charge in [-0.05, 0) is 51.2 Å². The van der Waals surface area contributed by atoms with Crippen LogP contribution in [0, 0.1) is 5.92 Å². The van der Waals surface area contributed by atoms with Gasteiger partial charge in [0.25, 0.3) is 0 Å². The molecule has 0 spiro atoms. The lowest BCUT2D eigenvalue weighted by Gasteiger charge is -2.34. The summed E-state index contributed by atoms with van der Waals surface area (Å²) in [5, 5.41) is 14.7. The molecule has 1 aromatic rings. The molecule has 1 fully saturated rings. The minimum Gasteiger partial charge on any atom is -0.393 e. The van der Waals surface area contributed by atoms with Gasteiger partial charge < -0.3 is 20.2 Å². The van der Waals surface area contributed by atoms with E-state index in [0.29, 0.717) is 12.5 Å². The average molecular weight is 325 g/mol. The van der Waals surface area contributed by atoms with Crippen LogP contribution in [-0.2, 0) is 0 Å². The Kier molecular flexibility index (Phi) is 6.23. The molecule has 2 rings (SSSR count). The van der Waals surface area contributed by atoms with E-state index in [1.165, 1.54) is 4.88 Å². The van der Waals surface area contributed by atoms with Crippen molar-refractivity contribution in [1.82, 2.24) is 15.1 Å². The number of aliphatic hydroxyl groups excluding tert-OH is 1. The number of rotatable bonds is 5. The summed E-state index contributed by atoms with van der Waals surface area (Å²) >= 11 is 1.72. The first-order chi connectivity index (χ1) is 10.5. The number of carbonyl (C=O) groups excluding carboxylic acids is 1. The molecule has 0 aromatic carbocycles. The lowest BCUT2D eigenvalue weighted by molar-refractivity contribution is 0.0795. The number of thiophene rings is 1. The number of hydrogen-bond acceptors (Lipinski definition) is 4. The Balaban J connectivity index is 1.82. The van der Waals surface area contributed by atoms with Crippen LogP contribution in [0.5, 0.6) is 0 Å². The van der Waals surface area contributed by atoms with Gasteiger partial charge in [0.1, 0.15) is 0 Å². The molecule has 5 nitrogen and oxygen atoms in total. The number of nitrogens with one attached hydrogen (secondary N) is 1. The highest BCUT2D eigenvalue weighted by Gasteiger charge is 2.26. The van der Waals surface area contributed by atoms with Gasteiger partial charge in [-0.25, -0.2) is 4.79 Å². The summed E-state index contributed by atoms with van der Waals surface area (Å²) < 4.78 is 0. The zero-order valence-corrected chi connectivity index (χ0v) is 14.5. The topological polar surface area (TPSA) is 55.8 Å². The van der Waals surface area contributed by atoms with E-state index < -0.39 is 0 Å². The van der Waals surface area contributed by atoms with Crippen molar-refractivity contribution in [3.05, 3.63) is 22.4 Å². The van der Waals surface area contributed by atoms with Crippen LogP contribution < -0.4 is 5.32 Å². The Morgan fingerprint density at radius 3 is 2.68 bits per heavy atom. The highest BCUT2D eigenvalue weighted by Crippen LogP contribution is 2.23. The normalized spacial score (nSPS) is 19.2. The zero-order valence-electron chi connectivity index (χ0n) is 13.7. The summed E-state index contributed by atoms with van der Waals surface area (Å²) in [4.78, 5) is 17.6. The van der Waals surface area contributed by atoms with Crippen LogP contribution in [0.25, 0.3) is 0 Å². The molecule has 2 N–H and O–H groups in total. The van der Waals surface area contributed by atoms with E-state index in [4.69, 9.17) is 0 Å². The smallest absolute Gasteiger partial charge is 0.317 e. The monoisotopic (exact) mass is 325 g/mol. The summed E-state index contributed by atoms with van der Waals surface area (Å²) in [6.07, 6.45) is 1.49. The van der Waals surface area contributed by atoms with Crippen molar-refractivity contribution in [2.75, 3.05) is 33.7 Å². The largest absolute Gasteiger partial charge is 0.393 e. The van der Waals surface area contributed by atoms with Crippen molar-refractivity contribution in [2.45, 2.75) is 31.9 Å². The van der Waals surface area contributed by atoms with Gasteiger partial charge in [-0.2, -0.15) is 0 Å². The predicted octanol–water partition coefficient (Wildman–Crippen LogP) is 2.15. The Morgan fingerprint density at radius 2 is 2.18 bits per heavy atom. The molecule has 0 aliphatic carbocycles. The molecule has 2 amide bonds. The summed E-state index contributed by atoms with van der Waals surface area (Å²) in [7, 11) is 4.06. The fraction of sp³-hybridized carbons (Fsp3) is 0.688. The summed E-state index contributed by atoms with van der Waals surface area (Å²) in [5.74, 6) is 0.324. The third kappa shape index (κ3) is 4.44. The molecule has 2 atom stereocenters.